The first kappa shape index (κ1) is 23.9. The number of aliphatic carboxylic acids is 1. The number of fused-ring (bicyclic) bond motifs is 1. The molecule has 0 radical (unpaired) electrons. The van der Waals surface area contributed by atoms with Gasteiger partial charge in [-0.2, -0.15) is 0 Å². The van der Waals surface area contributed by atoms with Crippen molar-refractivity contribution in [3.63, 3.8) is 0 Å². The van der Waals surface area contributed by atoms with Crippen LogP contribution in [0.15, 0.2) is 21.3 Å². The van der Waals surface area contributed by atoms with E-state index in [0.29, 0.717) is 34.3 Å². The van der Waals surface area contributed by atoms with Crippen molar-refractivity contribution in [2.45, 2.75) is 47.1 Å². The summed E-state index contributed by atoms with van der Waals surface area (Å²) in [5, 5.41) is 14.7. The lowest BCUT2D eigenvalue weighted by atomic mass is 9.99. The molecule has 31 heavy (non-hydrogen) atoms. The summed E-state index contributed by atoms with van der Waals surface area (Å²) in [7, 11) is 0. The van der Waals surface area contributed by atoms with Gasteiger partial charge in [0.2, 0.25) is 5.91 Å². The van der Waals surface area contributed by atoms with Gasteiger partial charge in [0.15, 0.2) is 6.61 Å². The largest absolute Gasteiger partial charge is 0.483 e. The molecular formula is C22H28N2O7. The number of carbonyl (C=O) groups is 3. The Bertz CT molecular complexity index is 1060. The Kier molecular flexibility index (Phi) is 7.79. The second-order valence-corrected chi connectivity index (χ2v) is 7.61. The second kappa shape index (κ2) is 10.1. The van der Waals surface area contributed by atoms with Crippen molar-refractivity contribution in [2.75, 3.05) is 13.2 Å². The fourth-order valence-electron chi connectivity index (χ4n) is 3.08. The molecule has 168 valence electrons. The molecule has 9 heteroatoms. The molecule has 1 aromatic carbocycles. The van der Waals surface area contributed by atoms with Gasteiger partial charge in [0, 0.05) is 5.56 Å². The van der Waals surface area contributed by atoms with Gasteiger partial charge >= 0.3 is 11.6 Å². The van der Waals surface area contributed by atoms with Gasteiger partial charge < -0.3 is 24.9 Å². The maximum Gasteiger partial charge on any atom is 0.339 e. The van der Waals surface area contributed by atoms with Gasteiger partial charge in [-0.25, -0.2) is 9.59 Å². The number of rotatable bonds is 9. The van der Waals surface area contributed by atoms with E-state index in [4.69, 9.17) is 9.15 Å². The van der Waals surface area contributed by atoms with E-state index in [-0.39, 0.29) is 19.1 Å². The van der Waals surface area contributed by atoms with Crippen LogP contribution in [-0.2, 0) is 14.4 Å². The topological polar surface area (TPSA) is 135 Å². The molecule has 2 rings (SSSR count). The Labute approximate surface area is 179 Å². The standard InChI is InChI=1S/C22H28N2O7/c1-6-12(3)20(21(27)28)24-17(25)9-23-18(26)10-30-15-7-11(2)8-16-19(15)13(4)14(5)22(29)31-16/h7-8,12,20H,6,9-10H2,1-5H3,(H,23,26)(H,24,25)(H,27,28)/t12-,20+/m1/s1. The molecule has 2 atom stereocenters. The lowest BCUT2D eigenvalue weighted by molar-refractivity contribution is -0.143. The number of carboxylic acids is 1. The lowest BCUT2D eigenvalue weighted by Crippen LogP contribution is -2.48. The second-order valence-electron chi connectivity index (χ2n) is 7.61. The van der Waals surface area contributed by atoms with E-state index in [1.54, 1.807) is 32.9 Å². The molecule has 3 N–H and O–H groups in total. The van der Waals surface area contributed by atoms with Crippen molar-refractivity contribution in [3.8, 4) is 5.75 Å². The number of nitrogens with one attached hydrogen (secondary N) is 2. The van der Waals surface area contributed by atoms with E-state index in [1.807, 2.05) is 13.8 Å². The van der Waals surface area contributed by atoms with Crippen LogP contribution in [0.4, 0.5) is 0 Å². The van der Waals surface area contributed by atoms with Crippen molar-refractivity contribution in [3.05, 3.63) is 39.2 Å². The van der Waals surface area contributed by atoms with Gasteiger partial charge in [0.05, 0.1) is 11.9 Å². The minimum Gasteiger partial charge on any atom is -0.483 e. The number of hydrogen-bond acceptors (Lipinski definition) is 6. The molecule has 1 heterocycles. The third-order valence-corrected chi connectivity index (χ3v) is 5.26. The normalized spacial score (nSPS) is 12.8. The molecule has 0 unspecified atom stereocenters. The van der Waals surface area contributed by atoms with Gasteiger partial charge in [-0.05, 0) is 49.9 Å². The van der Waals surface area contributed by atoms with Gasteiger partial charge in [0.25, 0.3) is 5.91 Å². The van der Waals surface area contributed by atoms with Crippen LogP contribution in [0, 0.1) is 26.7 Å². The van der Waals surface area contributed by atoms with E-state index >= 15 is 0 Å². The molecule has 0 spiro atoms. The molecule has 0 fully saturated rings. The highest BCUT2D eigenvalue weighted by Gasteiger charge is 2.25. The minimum atomic E-state index is -1.12. The fourth-order valence-corrected chi connectivity index (χ4v) is 3.08. The van der Waals surface area contributed by atoms with Gasteiger partial charge in [-0.15, -0.1) is 0 Å². The summed E-state index contributed by atoms with van der Waals surface area (Å²) in [6.07, 6.45) is 0.584. The van der Waals surface area contributed by atoms with E-state index in [2.05, 4.69) is 10.6 Å². The van der Waals surface area contributed by atoms with Crippen LogP contribution in [0.25, 0.3) is 11.0 Å². The SMILES string of the molecule is CC[C@@H](C)[C@H](NC(=O)CNC(=O)COc1cc(C)cc2oc(=O)c(C)c(C)c12)C(=O)O. The smallest absolute Gasteiger partial charge is 0.339 e. The average Bonchev–Trinajstić information content (AvgIpc) is 2.71. The summed E-state index contributed by atoms with van der Waals surface area (Å²) >= 11 is 0. The first-order valence-corrected chi connectivity index (χ1v) is 10.0. The lowest BCUT2D eigenvalue weighted by Gasteiger charge is -2.20. The van der Waals surface area contributed by atoms with Crippen LogP contribution >= 0.6 is 0 Å². The van der Waals surface area contributed by atoms with Crippen molar-refractivity contribution in [1.29, 1.82) is 0 Å². The highest BCUT2D eigenvalue weighted by molar-refractivity contribution is 5.90. The van der Waals surface area contributed by atoms with Crippen molar-refractivity contribution >= 4 is 28.8 Å². The number of carbonyl (C=O) groups excluding carboxylic acids is 2. The Hall–Kier alpha value is -3.36. The van der Waals surface area contributed by atoms with E-state index in [0.717, 1.165) is 5.56 Å². The van der Waals surface area contributed by atoms with Crippen LogP contribution in [0.5, 0.6) is 5.75 Å². The minimum absolute atomic E-state index is 0.248. The highest BCUT2D eigenvalue weighted by atomic mass is 16.5. The summed E-state index contributed by atoms with van der Waals surface area (Å²) in [5.41, 5.74) is 1.89. The van der Waals surface area contributed by atoms with Crippen LogP contribution < -0.4 is 21.0 Å². The molecule has 9 nitrogen and oxygen atoms in total. The fraction of sp³-hybridized carbons (Fsp3) is 0.455. The summed E-state index contributed by atoms with van der Waals surface area (Å²) in [4.78, 5) is 47.4. The summed E-state index contributed by atoms with van der Waals surface area (Å²) in [6, 6.07) is 2.43. The zero-order valence-electron chi connectivity index (χ0n) is 18.3. The van der Waals surface area contributed by atoms with Gasteiger partial charge in [-0.1, -0.05) is 20.3 Å². The summed E-state index contributed by atoms with van der Waals surface area (Å²) in [5.74, 6) is -2.13. The number of amides is 2. The molecule has 0 bridgehead atoms. The molecule has 1 aromatic heterocycles. The maximum absolute atomic E-state index is 12.2. The van der Waals surface area contributed by atoms with Crippen LogP contribution in [0.2, 0.25) is 0 Å². The average molecular weight is 432 g/mol. The van der Waals surface area contributed by atoms with Crippen LogP contribution in [0.3, 0.4) is 0 Å². The van der Waals surface area contributed by atoms with Crippen molar-refractivity contribution in [1.82, 2.24) is 10.6 Å². The highest BCUT2D eigenvalue weighted by Crippen LogP contribution is 2.30. The predicted molar refractivity (Wildman–Crippen MR) is 114 cm³/mol. The molecule has 0 saturated heterocycles. The third-order valence-electron chi connectivity index (χ3n) is 5.26. The number of hydrogen-bond donors (Lipinski definition) is 3. The zero-order chi connectivity index (χ0) is 23.3. The quantitative estimate of drug-likeness (QED) is 0.515. The predicted octanol–water partition coefficient (Wildman–Crippen LogP) is 1.83. The Morgan fingerprint density at radius 2 is 1.81 bits per heavy atom. The molecule has 0 saturated carbocycles. The van der Waals surface area contributed by atoms with Gasteiger partial charge in [-0.3, -0.25) is 9.59 Å². The van der Waals surface area contributed by atoms with E-state index in [1.165, 1.54) is 0 Å². The maximum atomic E-state index is 12.2. The monoisotopic (exact) mass is 432 g/mol. The number of ether oxygens (including phenoxy) is 1. The number of aryl methyl sites for hydroxylation is 2. The first-order valence-electron chi connectivity index (χ1n) is 10.0. The Balaban J connectivity index is 2.03. The van der Waals surface area contributed by atoms with Crippen molar-refractivity contribution in [2.24, 2.45) is 5.92 Å². The molecule has 2 amide bonds. The Morgan fingerprint density at radius 1 is 1.13 bits per heavy atom. The van der Waals surface area contributed by atoms with Crippen molar-refractivity contribution < 1.29 is 28.6 Å². The number of benzene rings is 1. The molecule has 0 aliphatic rings. The molecular weight excluding hydrogens is 404 g/mol. The zero-order valence-corrected chi connectivity index (χ0v) is 18.3. The van der Waals surface area contributed by atoms with E-state index < -0.39 is 29.5 Å². The summed E-state index contributed by atoms with van der Waals surface area (Å²) < 4.78 is 11.0. The summed E-state index contributed by atoms with van der Waals surface area (Å²) in [6.45, 7) is 8.05. The third kappa shape index (κ3) is 5.84. The van der Waals surface area contributed by atoms with Crippen LogP contribution in [0.1, 0.15) is 37.0 Å². The van der Waals surface area contributed by atoms with Crippen LogP contribution in [-0.4, -0.2) is 42.1 Å². The molecule has 2 aromatic rings. The first-order chi connectivity index (χ1) is 14.5. The molecule has 0 aliphatic heterocycles. The molecule has 0 aliphatic carbocycles. The number of carboxylic acid groups (broad SMARTS) is 1. The van der Waals surface area contributed by atoms with E-state index in [9.17, 15) is 24.3 Å². The Morgan fingerprint density at radius 3 is 2.42 bits per heavy atom. The van der Waals surface area contributed by atoms with Gasteiger partial charge in [0.1, 0.15) is 17.4 Å².